The SMILES string of the molecule is C=C1C=C=C(Nc2cccc(Oc3ccc(CC#N)cc3)n2)C=C1C. The van der Waals surface area contributed by atoms with E-state index in [4.69, 9.17) is 10.00 Å². The van der Waals surface area contributed by atoms with Gasteiger partial charge in [-0.1, -0.05) is 30.5 Å². The summed E-state index contributed by atoms with van der Waals surface area (Å²) < 4.78 is 5.78. The van der Waals surface area contributed by atoms with E-state index in [0.29, 0.717) is 23.9 Å². The first-order valence-electron chi connectivity index (χ1n) is 7.86. The quantitative estimate of drug-likeness (QED) is 0.793. The van der Waals surface area contributed by atoms with Gasteiger partial charge in [-0.3, -0.25) is 0 Å². The lowest BCUT2D eigenvalue weighted by Gasteiger charge is -2.11. The largest absolute Gasteiger partial charge is 0.439 e. The molecule has 0 atom stereocenters. The van der Waals surface area contributed by atoms with Crippen LogP contribution in [0.2, 0.25) is 0 Å². The maximum absolute atomic E-state index is 8.70. The van der Waals surface area contributed by atoms with Crippen LogP contribution >= 0.6 is 0 Å². The van der Waals surface area contributed by atoms with Gasteiger partial charge >= 0.3 is 0 Å². The fourth-order valence-electron chi connectivity index (χ4n) is 2.27. The van der Waals surface area contributed by atoms with E-state index in [-0.39, 0.29) is 0 Å². The molecule has 1 aliphatic rings. The summed E-state index contributed by atoms with van der Waals surface area (Å²) >= 11 is 0. The molecule has 1 aliphatic carbocycles. The van der Waals surface area contributed by atoms with Crippen LogP contribution in [-0.4, -0.2) is 4.98 Å². The number of benzene rings is 1. The molecule has 1 heterocycles. The molecule has 1 aromatic heterocycles. The van der Waals surface area contributed by atoms with E-state index in [1.54, 1.807) is 6.07 Å². The van der Waals surface area contributed by atoms with Crippen molar-refractivity contribution in [3.63, 3.8) is 0 Å². The Morgan fingerprint density at radius 2 is 2.04 bits per heavy atom. The summed E-state index contributed by atoms with van der Waals surface area (Å²) in [5, 5.41) is 11.9. The highest BCUT2D eigenvalue weighted by Gasteiger charge is 2.05. The molecule has 0 saturated carbocycles. The number of hydrogen-bond acceptors (Lipinski definition) is 4. The molecule has 1 aromatic carbocycles. The summed E-state index contributed by atoms with van der Waals surface area (Å²) in [6.07, 6.45) is 4.21. The fraction of sp³-hybridized carbons (Fsp3) is 0.0952. The third-order valence-electron chi connectivity index (χ3n) is 3.68. The van der Waals surface area contributed by atoms with Gasteiger partial charge in [0.05, 0.1) is 18.2 Å². The topological polar surface area (TPSA) is 57.9 Å². The number of pyridine rings is 1. The summed E-state index contributed by atoms with van der Waals surface area (Å²) in [4.78, 5) is 4.45. The maximum Gasteiger partial charge on any atom is 0.221 e. The first-order chi connectivity index (χ1) is 12.1. The van der Waals surface area contributed by atoms with Crippen LogP contribution in [0.15, 0.2) is 83.8 Å². The van der Waals surface area contributed by atoms with Gasteiger partial charge in [0.15, 0.2) is 0 Å². The number of allylic oxidation sites excluding steroid dienone is 3. The Hall–Kier alpha value is -3.54. The molecule has 0 unspecified atom stereocenters. The van der Waals surface area contributed by atoms with Crippen LogP contribution in [0, 0.1) is 11.3 Å². The normalized spacial score (nSPS) is 12.9. The molecule has 0 saturated heterocycles. The van der Waals surface area contributed by atoms with E-state index in [1.165, 1.54) is 0 Å². The van der Waals surface area contributed by atoms with E-state index >= 15 is 0 Å². The Balaban J connectivity index is 1.73. The molecule has 0 aliphatic heterocycles. The summed E-state index contributed by atoms with van der Waals surface area (Å²) in [5.74, 6) is 1.84. The lowest BCUT2D eigenvalue weighted by atomic mass is 10.1. The van der Waals surface area contributed by atoms with Crippen molar-refractivity contribution in [1.82, 2.24) is 4.98 Å². The molecule has 0 bridgehead atoms. The van der Waals surface area contributed by atoms with E-state index < -0.39 is 0 Å². The van der Waals surface area contributed by atoms with Crippen molar-refractivity contribution < 1.29 is 4.74 Å². The number of rotatable bonds is 5. The number of aromatic nitrogens is 1. The second kappa shape index (κ2) is 7.35. The smallest absolute Gasteiger partial charge is 0.221 e. The number of hydrogen-bond donors (Lipinski definition) is 1. The average molecular weight is 327 g/mol. The van der Waals surface area contributed by atoms with Crippen molar-refractivity contribution in [2.75, 3.05) is 5.32 Å². The minimum Gasteiger partial charge on any atom is -0.439 e. The zero-order valence-corrected chi connectivity index (χ0v) is 13.9. The van der Waals surface area contributed by atoms with Crippen LogP contribution in [0.25, 0.3) is 0 Å². The lowest BCUT2D eigenvalue weighted by molar-refractivity contribution is 0.463. The monoisotopic (exact) mass is 327 g/mol. The highest BCUT2D eigenvalue weighted by Crippen LogP contribution is 2.23. The number of nitrogens with one attached hydrogen (secondary N) is 1. The molecule has 0 radical (unpaired) electrons. The van der Waals surface area contributed by atoms with Crippen molar-refractivity contribution in [2.24, 2.45) is 0 Å². The zero-order chi connectivity index (χ0) is 17.6. The maximum atomic E-state index is 8.70. The Bertz CT molecular complexity index is 940. The predicted octanol–water partition coefficient (Wildman–Crippen LogP) is 4.91. The van der Waals surface area contributed by atoms with Gasteiger partial charge in [0, 0.05) is 6.07 Å². The van der Waals surface area contributed by atoms with Gasteiger partial charge in [-0.15, -0.1) is 0 Å². The van der Waals surface area contributed by atoms with E-state index in [1.807, 2.05) is 55.5 Å². The molecule has 3 rings (SSSR count). The molecule has 4 nitrogen and oxygen atoms in total. The molecule has 25 heavy (non-hydrogen) atoms. The van der Waals surface area contributed by atoms with Crippen LogP contribution < -0.4 is 10.1 Å². The van der Waals surface area contributed by atoms with Gasteiger partial charge in [0.25, 0.3) is 0 Å². The van der Waals surface area contributed by atoms with Gasteiger partial charge < -0.3 is 10.1 Å². The van der Waals surface area contributed by atoms with Crippen molar-refractivity contribution in [1.29, 1.82) is 5.26 Å². The van der Waals surface area contributed by atoms with Crippen LogP contribution in [0.1, 0.15) is 12.5 Å². The lowest BCUT2D eigenvalue weighted by Crippen LogP contribution is -2.01. The molecular formula is C21H17N3O. The number of nitriles is 1. The second-order valence-corrected chi connectivity index (χ2v) is 5.62. The summed E-state index contributed by atoms with van der Waals surface area (Å²) in [6, 6.07) is 15.1. The summed E-state index contributed by atoms with van der Waals surface area (Å²) in [5.41, 5.74) is 6.96. The third-order valence-corrected chi connectivity index (χ3v) is 3.68. The van der Waals surface area contributed by atoms with E-state index in [9.17, 15) is 0 Å². The van der Waals surface area contributed by atoms with Gasteiger partial charge in [0.1, 0.15) is 11.6 Å². The van der Waals surface area contributed by atoms with Gasteiger partial charge in [-0.25, -0.2) is 0 Å². The standard InChI is InChI=1S/C21H17N3O/c1-15-6-9-18(14-16(15)2)23-20-4-3-5-21(24-20)25-19-10-7-17(8-11-19)12-13-22/h3-8,10-11,14H,1,12H2,2H3,(H,23,24). The summed E-state index contributed by atoms with van der Waals surface area (Å²) in [6.45, 7) is 5.94. The molecule has 122 valence electrons. The fourth-order valence-corrected chi connectivity index (χ4v) is 2.27. The number of ether oxygens (including phenoxy) is 1. The Labute approximate surface area is 147 Å². The minimum absolute atomic E-state index is 0.389. The molecular weight excluding hydrogens is 310 g/mol. The van der Waals surface area contributed by atoms with Gasteiger partial charge in [0.2, 0.25) is 5.88 Å². The zero-order valence-electron chi connectivity index (χ0n) is 13.9. The predicted molar refractivity (Wildman–Crippen MR) is 98.2 cm³/mol. The minimum atomic E-state index is 0.389. The highest BCUT2D eigenvalue weighted by molar-refractivity contribution is 5.52. The van der Waals surface area contributed by atoms with Gasteiger partial charge in [-0.2, -0.15) is 10.2 Å². The molecule has 2 aromatic rings. The first-order valence-corrected chi connectivity index (χ1v) is 7.86. The summed E-state index contributed by atoms with van der Waals surface area (Å²) in [7, 11) is 0. The van der Waals surface area contributed by atoms with E-state index in [0.717, 1.165) is 22.4 Å². The Kier molecular flexibility index (Phi) is 4.80. The Morgan fingerprint density at radius 1 is 1.24 bits per heavy atom. The van der Waals surface area contributed by atoms with Crippen molar-refractivity contribution in [2.45, 2.75) is 13.3 Å². The molecule has 1 N–H and O–H groups in total. The molecule has 0 amide bonds. The van der Waals surface area contributed by atoms with Crippen LogP contribution in [0.4, 0.5) is 5.82 Å². The molecule has 0 spiro atoms. The van der Waals surface area contributed by atoms with E-state index in [2.05, 4.69) is 28.7 Å². The number of nitrogens with zero attached hydrogens (tertiary/aromatic N) is 2. The van der Waals surface area contributed by atoms with Gasteiger partial charge in [-0.05, 0) is 54.0 Å². The van der Waals surface area contributed by atoms with Crippen LogP contribution in [-0.2, 0) is 6.42 Å². The number of anilines is 1. The average Bonchev–Trinajstić information content (AvgIpc) is 2.61. The molecule has 0 fully saturated rings. The highest BCUT2D eigenvalue weighted by atomic mass is 16.5. The second-order valence-electron chi connectivity index (χ2n) is 5.62. The van der Waals surface area contributed by atoms with Crippen LogP contribution in [0.3, 0.4) is 0 Å². The van der Waals surface area contributed by atoms with Crippen LogP contribution in [0.5, 0.6) is 11.6 Å². The van der Waals surface area contributed by atoms with Crippen molar-refractivity contribution >= 4 is 5.82 Å². The third kappa shape index (κ3) is 4.26. The van der Waals surface area contributed by atoms with Crippen molar-refractivity contribution in [3.8, 4) is 17.7 Å². The Morgan fingerprint density at radius 3 is 2.76 bits per heavy atom. The molecule has 4 heteroatoms. The first kappa shape index (κ1) is 16.3. The van der Waals surface area contributed by atoms with Crippen molar-refractivity contribution in [3.05, 3.63) is 89.3 Å².